The highest BCUT2D eigenvalue weighted by Gasteiger charge is 2.53. The van der Waals surface area contributed by atoms with Crippen molar-refractivity contribution < 1.29 is 47.7 Å². The zero-order valence-corrected chi connectivity index (χ0v) is 39.6. The first-order valence-electron chi connectivity index (χ1n) is 22.4. The predicted molar refractivity (Wildman–Crippen MR) is 244 cm³/mol. The molecule has 3 fully saturated rings. The molecule has 0 unspecified atom stereocenters. The molecule has 346 valence electrons. The Balaban J connectivity index is 1.29. The maximum atomic E-state index is 14.4. The number of benzene rings is 2. The van der Waals surface area contributed by atoms with Gasteiger partial charge in [0, 0.05) is 24.8 Å². The number of carbonyl (C=O) groups is 5. The van der Waals surface area contributed by atoms with Gasteiger partial charge in [0.15, 0.2) is 5.75 Å². The fourth-order valence-corrected chi connectivity index (χ4v) is 14.8. The van der Waals surface area contributed by atoms with E-state index in [2.05, 4.69) is 64.1 Å². The molecule has 1 aliphatic carbocycles. The Bertz CT molecular complexity index is 1950. The number of ether oxygens (including phenoxy) is 3. The summed E-state index contributed by atoms with van der Waals surface area (Å²) in [5, 5.41) is 18.9. The van der Waals surface area contributed by atoms with Crippen molar-refractivity contribution >= 4 is 49.6 Å². The summed E-state index contributed by atoms with van der Waals surface area (Å²) < 4.78 is 23.7. The van der Waals surface area contributed by atoms with Gasteiger partial charge in [0.2, 0.25) is 11.8 Å². The Morgan fingerprint density at radius 1 is 0.937 bits per heavy atom. The van der Waals surface area contributed by atoms with Crippen LogP contribution in [0.25, 0.3) is 0 Å². The summed E-state index contributed by atoms with van der Waals surface area (Å²) in [6.45, 7) is 21.1. The van der Waals surface area contributed by atoms with Gasteiger partial charge in [-0.15, -0.1) is 0 Å². The molecule has 1 saturated carbocycles. The standard InChI is InChI=1S/C47H69N5O10Si/c1-11-22-60-46(58)51-21-13-14-38(51)42(54)50-41(32(9)12-2)43(55)48-34-17-15-33(16-18-34)27-61-45(57)49-37-24-40(62-63(29(3)4,30(5)6)31(7)8)39(59-10)23-36(37)44(56)52-28-47(19-20-47)25-35(52)26-53/h11,15-18,23-24,29-32,35,38,41,53H,1,12-14,19-22,25-28H2,2-10H3,(H,48,55)(H,49,57)(H,50,54)/t32-,35-,38-,41-/m0/s1. The molecule has 2 heterocycles. The Hall–Kier alpha value is -5.09. The summed E-state index contributed by atoms with van der Waals surface area (Å²) in [7, 11) is -0.974. The highest BCUT2D eigenvalue weighted by atomic mass is 28.4. The lowest BCUT2D eigenvalue weighted by molar-refractivity contribution is -0.130. The number of carbonyl (C=O) groups excluding carboxylic acids is 5. The molecular formula is C47H69N5O10Si. The number of aliphatic hydroxyl groups excluding tert-OH is 1. The van der Waals surface area contributed by atoms with E-state index in [0.29, 0.717) is 55.1 Å². The quantitative estimate of drug-likeness (QED) is 0.0791. The van der Waals surface area contributed by atoms with Crippen LogP contribution in [0, 0.1) is 11.3 Å². The minimum atomic E-state index is -2.51. The van der Waals surface area contributed by atoms with Crippen LogP contribution in [0.5, 0.6) is 11.5 Å². The van der Waals surface area contributed by atoms with E-state index in [-0.39, 0.29) is 71.0 Å². The number of likely N-dealkylation sites (tertiary alicyclic amines) is 2. The van der Waals surface area contributed by atoms with Crippen molar-refractivity contribution in [2.24, 2.45) is 11.3 Å². The summed E-state index contributed by atoms with van der Waals surface area (Å²) in [6, 6.07) is 8.11. The highest BCUT2D eigenvalue weighted by Crippen LogP contribution is 2.55. The lowest BCUT2D eigenvalue weighted by Crippen LogP contribution is -2.54. The molecule has 0 aromatic heterocycles. The summed E-state index contributed by atoms with van der Waals surface area (Å²) in [5.74, 6) is -0.548. The maximum absolute atomic E-state index is 14.4. The summed E-state index contributed by atoms with van der Waals surface area (Å²) >= 11 is 0. The minimum Gasteiger partial charge on any atom is -0.540 e. The lowest BCUT2D eigenvalue weighted by Gasteiger charge is -2.42. The molecule has 2 saturated heterocycles. The Morgan fingerprint density at radius 3 is 2.17 bits per heavy atom. The Morgan fingerprint density at radius 2 is 1.60 bits per heavy atom. The summed E-state index contributed by atoms with van der Waals surface area (Å²) in [4.78, 5) is 70.6. The monoisotopic (exact) mass is 891 g/mol. The van der Waals surface area contributed by atoms with Crippen molar-refractivity contribution in [2.75, 3.05) is 44.0 Å². The van der Waals surface area contributed by atoms with Gasteiger partial charge in [-0.2, -0.15) is 0 Å². The van der Waals surface area contributed by atoms with Crippen LogP contribution >= 0.6 is 0 Å². The van der Waals surface area contributed by atoms with Crippen LogP contribution in [-0.4, -0.2) is 105 Å². The molecule has 5 amide bonds. The molecule has 1 spiro atoms. The SMILES string of the molecule is C=CCOC(=O)N1CCC[C@H]1C(=O)N[C@H](C(=O)Nc1ccc(COC(=O)Nc2cc(O[Si](C(C)C)(C(C)C)C(C)C)c(OC)cc2C(=O)N2CC3(CC3)C[C@H]2CO)cc1)[C@@H](C)CC. The van der Waals surface area contributed by atoms with Gasteiger partial charge >= 0.3 is 12.2 Å². The van der Waals surface area contributed by atoms with Crippen LogP contribution < -0.4 is 25.1 Å². The number of nitrogens with zero attached hydrogens (tertiary/aromatic N) is 2. The third kappa shape index (κ3) is 11.2. The third-order valence-electron chi connectivity index (χ3n) is 13.3. The molecular weight excluding hydrogens is 823 g/mol. The van der Waals surface area contributed by atoms with E-state index in [1.54, 1.807) is 41.3 Å². The smallest absolute Gasteiger partial charge is 0.411 e. The van der Waals surface area contributed by atoms with Crippen LogP contribution in [0.4, 0.5) is 21.0 Å². The van der Waals surface area contributed by atoms with Crippen molar-refractivity contribution in [3.63, 3.8) is 0 Å². The van der Waals surface area contributed by atoms with Crippen molar-refractivity contribution in [1.82, 2.24) is 15.1 Å². The first kappa shape index (κ1) is 48.9. The van der Waals surface area contributed by atoms with Gasteiger partial charge in [-0.05, 0) is 83.8 Å². The van der Waals surface area contributed by atoms with Crippen LogP contribution in [0.15, 0.2) is 49.1 Å². The minimum absolute atomic E-state index is 0.0329. The number of aliphatic hydroxyl groups is 1. The molecule has 15 nitrogen and oxygen atoms in total. The van der Waals surface area contributed by atoms with Crippen LogP contribution in [0.3, 0.4) is 0 Å². The van der Waals surface area contributed by atoms with Gasteiger partial charge in [-0.3, -0.25) is 24.6 Å². The van der Waals surface area contributed by atoms with Crippen molar-refractivity contribution in [3.8, 4) is 11.5 Å². The Labute approximate surface area is 373 Å². The Kier molecular flexibility index (Phi) is 16.4. The van der Waals surface area contributed by atoms with E-state index in [9.17, 15) is 29.1 Å². The van der Waals surface area contributed by atoms with Gasteiger partial charge in [0.25, 0.3) is 14.2 Å². The normalized spacial score (nSPS) is 18.9. The molecule has 63 heavy (non-hydrogen) atoms. The zero-order valence-electron chi connectivity index (χ0n) is 38.6. The number of nitrogens with one attached hydrogen (secondary N) is 3. The van der Waals surface area contributed by atoms with Crippen molar-refractivity contribution in [1.29, 1.82) is 0 Å². The van der Waals surface area contributed by atoms with E-state index in [1.165, 1.54) is 18.1 Å². The van der Waals surface area contributed by atoms with Crippen LogP contribution in [0.2, 0.25) is 16.6 Å². The number of methoxy groups -OCH3 is 1. The first-order chi connectivity index (χ1) is 29.9. The van der Waals surface area contributed by atoms with E-state index in [1.807, 2.05) is 13.8 Å². The molecule has 4 N–H and O–H groups in total. The molecule has 2 aromatic rings. The van der Waals surface area contributed by atoms with E-state index in [4.69, 9.17) is 18.6 Å². The van der Waals surface area contributed by atoms with Crippen molar-refractivity contribution in [3.05, 3.63) is 60.2 Å². The fourth-order valence-electron chi connectivity index (χ4n) is 9.50. The second kappa shape index (κ2) is 21.1. The fraction of sp³-hybridized carbons (Fsp3) is 0.596. The molecule has 2 aromatic carbocycles. The van der Waals surface area contributed by atoms with E-state index >= 15 is 0 Å². The van der Waals surface area contributed by atoms with Gasteiger partial charge in [-0.25, -0.2) is 9.59 Å². The van der Waals surface area contributed by atoms with Gasteiger partial charge in [0.1, 0.15) is 31.0 Å². The number of hydrogen-bond donors (Lipinski definition) is 4. The van der Waals surface area contributed by atoms with E-state index < -0.39 is 44.4 Å². The molecule has 5 rings (SSSR count). The average Bonchev–Trinajstić information content (AvgIpc) is 3.63. The number of rotatable bonds is 19. The van der Waals surface area contributed by atoms with E-state index in [0.717, 1.165) is 19.3 Å². The van der Waals surface area contributed by atoms with Gasteiger partial charge < -0.3 is 39.3 Å². The second-order valence-corrected chi connectivity index (χ2v) is 23.8. The van der Waals surface area contributed by atoms with Crippen LogP contribution in [-0.2, 0) is 25.7 Å². The molecule has 0 bridgehead atoms. The summed E-state index contributed by atoms with van der Waals surface area (Å²) in [5.41, 5.74) is 2.28. The molecule has 4 atom stereocenters. The number of amides is 5. The topological polar surface area (TPSA) is 185 Å². The predicted octanol–water partition coefficient (Wildman–Crippen LogP) is 8.24. The highest BCUT2D eigenvalue weighted by molar-refractivity contribution is 6.78. The molecule has 3 aliphatic rings. The lowest BCUT2D eigenvalue weighted by atomic mass is 9.97. The average molecular weight is 892 g/mol. The van der Waals surface area contributed by atoms with Gasteiger partial charge in [-0.1, -0.05) is 86.6 Å². The second-order valence-electron chi connectivity index (χ2n) is 18.4. The molecule has 0 radical (unpaired) electrons. The number of hydrogen-bond acceptors (Lipinski definition) is 10. The van der Waals surface area contributed by atoms with Gasteiger partial charge in [0.05, 0.1) is 31.0 Å². The molecule has 16 heteroatoms. The van der Waals surface area contributed by atoms with Crippen molar-refractivity contribution in [2.45, 2.75) is 135 Å². The molecule has 2 aliphatic heterocycles. The number of anilines is 2. The maximum Gasteiger partial charge on any atom is 0.411 e. The zero-order chi connectivity index (χ0) is 46.2. The summed E-state index contributed by atoms with van der Waals surface area (Å²) in [6.07, 6.45) is 4.54. The largest absolute Gasteiger partial charge is 0.540 e. The third-order valence-corrected chi connectivity index (χ3v) is 19.3. The first-order valence-corrected chi connectivity index (χ1v) is 24.6. The van der Waals surface area contributed by atoms with Crippen LogP contribution in [0.1, 0.15) is 110 Å².